The molecule has 5 heteroatoms. The van der Waals surface area contributed by atoms with Gasteiger partial charge in [0, 0.05) is 19.6 Å². The molecule has 0 bridgehead atoms. The van der Waals surface area contributed by atoms with Crippen molar-refractivity contribution in [3.63, 3.8) is 0 Å². The molecule has 0 aromatic rings. The van der Waals surface area contributed by atoms with Crippen LogP contribution in [0.25, 0.3) is 0 Å². The number of esters is 1. The minimum Gasteiger partial charge on any atom is -0.466 e. The molecule has 0 aliphatic carbocycles. The third-order valence-corrected chi connectivity index (χ3v) is 8.32. The van der Waals surface area contributed by atoms with E-state index in [0.29, 0.717) is 52.5 Å². The first-order valence-electron chi connectivity index (χ1n) is 19.2. The van der Waals surface area contributed by atoms with Gasteiger partial charge in [-0.1, -0.05) is 168 Å². The Balaban J connectivity index is 3.14. The molecule has 5 nitrogen and oxygen atoms in total. The average Bonchev–Trinajstić information content (AvgIpc) is 3.01. The Morgan fingerprint density at radius 2 is 0.605 bits per heavy atom. The predicted molar refractivity (Wildman–Crippen MR) is 184 cm³/mol. The molecule has 0 aromatic heterocycles. The quantitative estimate of drug-likeness (QED) is 0.0513. The Labute approximate surface area is 269 Å². The summed E-state index contributed by atoms with van der Waals surface area (Å²) in [6.45, 7) is 8.95. The summed E-state index contributed by atoms with van der Waals surface area (Å²) in [6, 6.07) is 0. The number of hydrogen-bond acceptors (Lipinski definition) is 5. The number of carbonyl (C=O) groups excluding carboxylic acids is 1. The van der Waals surface area contributed by atoms with Gasteiger partial charge in [-0.3, -0.25) is 4.79 Å². The van der Waals surface area contributed by atoms with Crippen LogP contribution in [-0.2, 0) is 23.7 Å². The van der Waals surface area contributed by atoms with Gasteiger partial charge < -0.3 is 18.9 Å². The van der Waals surface area contributed by atoms with Gasteiger partial charge in [0.1, 0.15) is 0 Å². The molecule has 258 valence electrons. The lowest BCUT2D eigenvalue weighted by atomic mass is 10.0. The first kappa shape index (κ1) is 42.3. The van der Waals surface area contributed by atoms with E-state index in [2.05, 4.69) is 13.8 Å². The average molecular weight is 613 g/mol. The Kier molecular flexibility index (Phi) is 38.8. The summed E-state index contributed by atoms with van der Waals surface area (Å²) in [5.74, 6) is -0.0969. The molecule has 43 heavy (non-hydrogen) atoms. The van der Waals surface area contributed by atoms with Gasteiger partial charge in [0.2, 0.25) is 0 Å². The van der Waals surface area contributed by atoms with E-state index in [1.807, 2.05) is 0 Å². The number of rotatable bonds is 38. The number of hydrogen-bond donors (Lipinski definition) is 0. The molecule has 0 amide bonds. The molecule has 0 heterocycles. The zero-order valence-electron chi connectivity index (χ0n) is 29.3. The van der Waals surface area contributed by atoms with Gasteiger partial charge in [-0.05, 0) is 19.3 Å². The van der Waals surface area contributed by atoms with Gasteiger partial charge in [0.15, 0.2) is 0 Å². The van der Waals surface area contributed by atoms with Crippen molar-refractivity contribution in [2.24, 2.45) is 0 Å². The summed E-state index contributed by atoms with van der Waals surface area (Å²) in [7, 11) is 0. The molecule has 0 atom stereocenters. The summed E-state index contributed by atoms with van der Waals surface area (Å²) in [5.41, 5.74) is 0. The number of unbranched alkanes of at least 4 members (excludes halogenated alkanes) is 24. The molecule has 0 saturated carbocycles. The fourth-order valence-corrected chi connectivity index (χ4v) is 5.46. The molecule has 0 rings (SSSR count). The second kappa shape index (κ2) is 39.4. The summed E-state index contributed by atoms with van der Waals surface area (Å²) in [5, 5.41) is 0. The van der Waals surface area contributed by atoms with E-state index in [0.717, 1.165) is 19.4 Å². The van der Waals surface area contributed by atoms with Crippen LogP contribution in [0.4, 0.5) is 0 Å². The van der Waals surface area contributed by atoms with Crippen LogP contribution in [0.5, 0.6) is 0 Å². The highest BCUT2D eigenvalue weighted by Gasteiger charge is 2.03. The van der Waals surface area contributed by atoms with Crippen LogP contribution < -0.4 is 0 Å². The molecule has 0 aliphatic heterocycles. The van der Waals surface area contributed by atoms with Crippen molar-refractivity contribution >= 4 is 5.97 Å². The van der Waals surface area contributed by atoms with E-state index in [1.165, 1.54) is 154 Å². The van der Waals surface area contributed by atoms with Gasteiger partial charge in [-0.25, -0.2) is 0 Å². The minimum atomic E-state index is -0.0969. The second-order valence-corrected chi connectivity index (χ2v) is 12.6. The Hall–Kier alpha value is -0.650. The molecule has 0 N–H and O–H groups in total. The van der Waals surface area contributed by atoms with Crippen LogP contribution in [0.3, 0.4) is 0 Å². The highest BCUT2D eigenvalue weighted by atomic mass is 16.5. The van der Waals surface area contributed by atoms with E-state index in [9.17, 15) is 4.79 Å². The minimum absolute atomic E-state index is 0.0969. The van der Waals surface area contributed by atoms with Crippen molar-refractivity contribution < 1.29 is 23.7 Å². The Bertz CT molecular complexity index is 513. The van der Waals surface area contributed by atoms with Gasteiger partial charge in [0.05, 0.1) is 33.0 Å². The number of carbonyl (C=O) groups is 1. The zero-order chi connectivity index (χ0) is 31.2. The van der Waals surface area contributed by atoms with Crippen LogP contribution in [0.1, 0.15) is 194 Å². The smallest absolute Gasteiger partial charge is 0.305 e. The van der Waals surface area contributed by atoms with Gasteiger partial charge in [0.25, 0.3) is 0 Å². The molecule has 0 saturated heterocycles. The highest BCUT2D eigenvalue weighted by molar-refractivity contribution is 5.69. The van der Waals surface area contributed by atoms with Crippen LogP contribution in [0.2, 0.25) is 0 Å². The van der Waals surface area contributed by atoms with Crippen LogP contribution in [0.15, 0.2) is 0 Å². The third kappa shape index (κ3) is 39.3. The molecular weight excluding hydrogens is 536 g/mol. The number of ether oxygens (including phenoxy) is 4. The van der Waals surface area contributed by atoms with E-state index >= 15 is 0 Å². The SMILES string of the molecule is CCCCCCCCCCCCCCCCCCOC(=O)CCCOCCOCCOCCCCCCCCCCCC. The molecule has 0 aliphatic rings. The maximum absolute atomic E-state index is 11.9. The molecule has 0 unspecified atom stereocenters. The fourth-order valence-electron chi connectivity index (χ4n) is 5.46. The summed E-state index contributed by atoms with van der Waals surface area (Å²) in [6.07, 6.45) is 36.3. The molecule has 0 aromatic carbocycles. The van der Waals surface area contributed by atoms with E-state index < -0.39 is 0 Å². The normalized spacial score (nSPS) is 11.4. The Morgan fingerprint density at radius 3 is 0.977 bits per heavy atom. The lowest BCUT2D eigenvalue weighted by Crippen LogP contribution is -2.11. The summed E-state index contributed by atoms with van der Waals surface area (Å²) < 4.78 is 22.2. The fraction of sp³-hybridized carbons (Fsp3) is 0.974. The monoisotopic (exact) mass is 613 g/mol. The zero-order valence-corrected chi connectivity index (χ0v) is 29.3. The van der Waals surface area contributed by atoms with E-state index in [-0.39, 0.29) is 5.97 Å². The largest absolute Gasteiger partial charge is 0.466 e. The summed E-state index contributed by atoms with van der Waals surface area (Å²) >= 11 is 0. The van der Waals surface area contributed by atoms with Crippen molar-refractivity contribution in [3.05, 3.63) is 0 Å². The van der Waals surface area contributed by atoms with Gasteiger partial charge >= 0.3 is 5.97 Å². The lowest BCUT2D eigenvalue weighted by Gasteiger charge is -2.07. The van der Waals surface area contributed by atoms with Crippen molar-refractivity contribution in [1.82, 2.24) is 0 Å². The first-order chi connectivity index (χ1) is 21.3. The van der Waals surface area contributed by atoms with Crippen molar-refractivity contribution in [2.45, 2.75) is 194 Å². The molecule has 0 fully saturated rings. The third-order valence-electron chi connectivity index (χ3n) is 8.32. The predicted octanol–water partition coefficient (Wildman–Crippen LogP) is 11.5. The standard InChI is InChI=1S/C38H76O5/c1-3-5-7-9-11-13-15-16-17-18-19-20-22-24-26-28-33-43-38(39)30-29-32-41-35-37-42-36-34-40-31-27-25-23-21-14-12-10-8-6-4-2/h3-37H2,1-2H3. The molecule has 0 radical (unpaired) electrons. The van der Waals surface area contributed by atoms with Crippen molar-refractivity contribution in [1.29, 1.82) is 0 Å². The highest BCUT2D eigenvalue weighted by Crippen LogP contribution is 2.14. The first-order valence-corrected chi connectivity index (χ1v) is 19.2. The summed E-state index contributed by atoms with van der Waals surface area (Å²) in [4.78, 5) is 11.9. The maximum Gasteiger partial charge on any atom is 0.305 e. The molecular formula is C38H76O5. The van der Waals surface area contributed by atoms with Crippen molar-refractivity contribution in [3.8, 4) is 0 Å². The van der Waals surface area contributed by atoms with E-state index in [1.54, 1.807) is 0 Å². The van der Waals surface area contributed by atoms with Crippen LogP contribution in [-0.4, -0.2) is 52.2 Å². The topological polar surface area (TPSA) is 54.0 Å². The Morgan fingerprint density at radius 1 is 0.326 bits per heavy atom. The lowest BCUT2D eigenvalue weighted by molar-refractivity contribution is -0.144. The van der Waals surface area contributed by atoms with E-state index in [4.69, 9.17) is 18.9 Å². The maximum atomic E-state index is 11.9. The van der Waals surface area contributed by atoms with Crippen molar-refractivity contribution in [2.75, 3.05) is 46.2 Å². The second-order valence-electron chi connectivity index (χ2n) is 12.6. The van der Waals surface area contributed by atoms with Gasteiger partial charge in [-0.2, -0.15) is 0 Å². The van der Waals surface area contributed by atoms with Crippen LogP contribution >= 0.6 is 0 Å². The van der Waals surface area contributed by atoms with Crippen LogP contribution in [0, 0.1) is 0 Å². The molecule has 0 spiro atoms. The van der Waals surface area contributed by atoms with Gasteiger partial charge in [-0.15, -0.1) is 0 Å².